The molecule has 0 aliphatic rings. The highest BCUT2D eigenvalue weighted by Gasteiger charge is 2.12. The zero-order chi connectivity index (χ0) is 26.6. The Morgan fingerprint density at radius 3 is 1.44 bits per heavy atom. The number of allylic oxidation sites excluding steroid dienone is 2. The molecule has 192 valence electrons. The summed E-state index contributed by atoms with van der Waals surface area (Å²) in [6, 6.07) is 30.1. The van der Waals surface area contributed by atoms with Gasteiger partial charge in [-0.2, -0.15) is 0 Å². The van der Waals surface area contributed by atoms with Gasteiger partial charge in [0.1, 0.15) is 0 Å². The minimum Gasteiger partial charge on any atom is -0.473 e. The van der Waals surface area contributed by atoms with Crippen LogP contribution in [0, 0.1) is 0 Å². The number of rotatable bonds is 10. The highest BCUT2D eigenvalue weighted by molar-refractivity contribution is 6.11. The molecule has 39 heavy (non-hydrogen) atoms. The van der Waals surface area contributed by atoms with Crippen LogP contribution in [0.1, 0.15) is 24.0 Å². The minimum absolute atomic E-state index is 0.903. The van der Waals surface area contributed by atoms with E-state index in [-0.39, 0.29) is 0 Å². The van der Waals surface area contributed by atoms with Crippen LogP contribution in [0.25, 0.3) is 56.0 Å². The molecule has 0 saturated carbocycles. The Bertz CT molecular complexity index is 1740. The van der Waals surface area contributed by atoms with Gasteiger partial charge in [0, 0.05) is 33.9 Å². The fourth-order valence-corrected chi connectivity index (χ4v) is 5.80. The zero-order valence-corrected chi connectivity index (χ0v) is 22.1. The first kappa shape index (κ1) is 24.6. The van der Waals surface area contributed by atoms with Crippen molar-refractivity contribution >= 4 is 56.0 Å². The summed E-state index contributed by atoms with van der Waals surface area (Å²) < 4.78 is 10.1. The van der Waals surface area contributed by atoms with Crippen LogP contribution in [0.3, 0.4) is 0 Å². The van der Waals surface area contributed by atoms with E-state index in [0.29, 0.717) is 0 Å². The summed E-state index contributed by atoms with van der Waals surface area (Å²) >= 11 is 0. The molecule has 3 nitrogen and oxygen atoms in total. The first-order chi connectivity index (χ1) is 19.3. The van der Waals surface area contributed by atoms with Crippen molar-refractivity contribution in [3.63, 3.8) is 0 Å². The van der Waals surface area contributed by atoms with E-state index in [1.54, 1.807) is 12.5 Å². The molecule has 0 amide bonds. The fraction of sp³-hybridized carbons (Fsp3) is 0.111. The summed E-state index contributed by atoms with van der Waals surface area (Å²) in [4.78, 5) is 0. The van der Waals surface area contributed by atoms with Crippen molar-refractivity contribution in [3.8, 4) is 0 Å². The lowest BCUT2D eigenvalue weighted by Gasteiger charge is -2.06. The van der Waals surface area contributed by atoms with Gasteiger partial charge in [-0.25, -0.2) is 0 Å². The molecule has 0 aliphatic carbocycles. The van der Waals surface area contributed by atoms with Crippen molar-refractivity contribution in [3.05, 3.63) is 134 Å². The Morgan fingerprint density at radius 2 is 0.974 bits per heavy atom. The smallest absolute Gasteiger partial charge is 0.0861 e. The summed E-state index contributed by atoms with van der Waals surface area (Å²) in [5, 5.41) is 5.08. The SMILES string of the molecule is C=Cn1c2ccccc2c2cccc(CCC=COC=CCCc3cccc4c5ccccc5n(C=C)c34)c21. The summed E-state index contributed by atoms with van der Waals surface area (Å²) in [7, 11) is 0. The summed E-state index contributed by atoms with van der Waals surface area (Å²) in [5.74, 6) is 0. The normalized spacial score (nSPS) is 12.0. The van der Waals surface area contributed by atoms with E-state index >= 15 is 0 Å². The standard InChI is InChI=1S/C36H32N2O/c1-3-37-33-23-7-5-19-29(33)31-21-13-17-27(35(31)37)15-9-11-25-39-26-12-10-16-28-18-14-22-32-30-20-6-8-24-34(30)38(4-2)36(28)32/h3-8,11-14,17-26H,1-2,9-10,15-16H2. The highest BCUT2D eigenvalue weighted by atomic mass is 16.5. The van der Waals surface area contributed by atoms with Gasteiger partial charge < -0.3 is 13.9 Å². The molecule has 0 spiro atoms. The number of para-hydroxylation sites is 4. The Hall–Kier alpha value is -4.76. The van der Waals surface area contributed by atoms with Gasteiger partial charge in [0.25, 0.3) is 0 Å². The van der Waals surface area contributed by atoms with Crippen LogP contribution < -0.4 is 0 Å². The number of aryl methyl sites for hydroxylation is 2. The molecule has 0 unspecified atom stereocenters. The average Bonchev–Trinajstić information content (AvgIpc) is 3.49. The molecule has 6 aromatic rings. The number of ether oxygens (including phenoxy) is 1. The van der Waals surface area contributed by atoms with Crippen molar-refractivity contribution in [2.24, 2.45) is 0 Å². The molecule has 6 rings (SSSR count). The molecule has 0 fully saturated rings. The maximum Gasteiger partial charge on any atom is 0.0861 e. The first-order valence-electron chi connectivity index (χ1n) is 13.5. The fourth-order valence-electron chi connectivity index (χ4n) is 5.80. The van der Waals surface area contributed by atoms with Crippen LogP contribution in [0.5, 0.6) is 0 Å². The molecule has 0 bridgehead atoms. The second-order valence-electron chi connectivity index (χ2n) is 9.72. The van der Waals surface area contributed by atoms with Gasteiger partial charge in [-0.1, -0.05) is 86.0 Å². The van der Waals surface area contributed by atoms with Gasteiger partial charge in [0.05, 0.1) is 34.6 Å². The number of hydrogen-bond acceptors (Lipinski definition) is 1. The molecule has 0 saturated heterocycles. The van der Waals surface area contributed by atoms with Gasteiger partial charge >= 0.3 is 0 Å². The van der Waals surface area contributed by atoms with E-state index in [1.165, 1.54) is 54.7 Å². The molecular formula is C36H32N2O. The number of benzene rings is 4. The lowest BCUT2D eigenvalue weighted by Crippen LogP contribution is -1.92. The molecule has 2 aromatic heterocycles. The van der Waals surface area contributed by atoms with Gasteiger partial charge in [-0.3, -0.25) is 0 Å². The van der Waals surface area contributed by atoms with Gasteiger partial charge in [0.2, 0.25) is 0 Å². The van der Waals surface area contributed by atoms with Gasteiger partial charge in [-0.15, -0.1) is 0 Å². The van der Waals surface area contributed by atoms with Crippen molar-refractivity contribution in [1.82, 2.24) is 9.13 Å². The summed E-state index contributed by atoms with van der Waals surface area (Å²) in [6.45, 7) is 8.12. The van der Waals surface area contributed by atoms with Crippen molar-refractivity contribution in [1.29, 1.82) is 0 Å². The van der Waals surface area contributed by atoms with Crippen molar-refractivity contribution in [2.45, 2.75) is 25.7 Å². The van der Waals surface area contributed by atoms with Crippen molar-refractivity contribution < 1.29 is 4.74 Å². The zero-order valence-electron chi connectivity index (χ0n) is 22.1. The average molecular weight is 509 g/mol. The summed E-state index contributed by atoms with van der Waals surface area (Å²) in [6.07, 6.45) is 15.3. The molecule has 0 N–H and O–H groups in total. The van der Waals surface area contributed by atoms with E-state index in [9.17, 15) is 0 Å². The van der Waals surface area contributed by atoms with E-state index in [0.717, 1.165) is 25.7 Å². The van der Waals surface area contributed by atoms with E-state index in [1.807, 2.05) is 12.4 Å². The third-order valence-corrected chi connectivity index (χ3v) is 7.50. The molecule has 3 heteroatoms. The van der Waals surface area contributed by atoms with E-state index < -0.39 is 0 Å². The Balaban J connectivity index is 1.07. The van der Waals surface area contributed by atoms with Gasteiger partial charge in [-0.05, 0) is 61.1 Å². The summed E-state index contributed by atoms with van der Waals surface area (Å²) in [5.41, 5.74) is 7.51. The van der Waals surface area contributed by atoms with Crippen molar-refractivity contribution in [2.75, 3.05) is 0 Å². The topological polar surface area (TPSA) is 19.1 Å². The second-order valence-corrected chi connectivity index (χ2v) is 9.72. The number of fused-ring (bicyclic) bond motifs is 6. The van der Waals surface area contributed by atoms with Gasteiger partial charge in [0.15, 0.2) is 0 Å². The Labute approximate surface area is 229 Å². The predicted molar refractivity (Wildman–Crippen MR) is 168 cm³/mol. The molecule has 4 aromatic carbocycles. The molecule has 2 heterocycles. The third kappa shape index (κ3) is 4.46. The van der Waals surface area contributed by atoms with E-state index in [4.69, 9.17) is 4.74 Å². The number of nitrogens with zero attached hydrogens (tertiary/aromatic N) is 2. The molecular weight excluding hydrogens is 476 g/mol. The maximum atomic E-state index is 5.67. The number of hydrogen-bond donors (Lipinski definition) is 0. The first-order valence-corrected chi connectivity index (χ1v) is 13.5. The van der Waals surface area contributed by atoms with Crippen LogP contribution in [-0.2, 0) is 17.6 Å². The van der Waals surface area contributed by atoms with Crippen LogP contribution in [-0.4, -0.2) is 9.13 Å². The monoisotopic (exact) mass is 508 g/mol. The highest BCUT2D eigenvalue weighted by Crippen LogP contribution is 2.33. The van der Waals surface area contributed by atoms with E-state index in [2.05, 4.69) is 119 Å². The lowest BCUT2D eigenvalue weighted by atomic mass is 10.0. The quantitative estimate of drug-likeness (QED) is 0.169. The molecule has 0 radical (unpaired) electrons. The molecule has 0 aliphatic heterocycles. The second kappa shape index (κ2) is 10.9. The largest absolute Gasteiger partial charge is 0.473 e. The number of aromatic nitrogens is 2. The molecule has 0 atom stereocenters. The predicted octanol–water partition coefficient (Wildman–Crippen LogP) is 9.71. The minimum atomic E-state index is 0.903. The lowest BCUT2D eigenvalue weighted by molar-refractivity contribution is 0.398. The Kier molecular flexibility index (Phi) is 6.88. The van der Waals surface area contributed by atoms with Crippen LogP contribution in [0.4, 0.5) is 0 Å². The van der Waals surface area contributed by atoms with Crippen LogP contribution in [0.15, 0.2) is 123 Å². The Morgan fingerprint density at radius 1 is 0.538 bits per heavy atom. The van der Waals surface area contributed by atoms with Crippen LogP contribution in [0.2, 0.25) is 0 Å². The van der Waals surface area contributed by atoms with Crippen LogP contribution >= 0.6 is 0 Å². The third-order valence-electron chi connectivity index (χ3n) is 7.50. The maximum absolute atomic E-state index is 5.67.